The van der Waals surface area contributed by atoms with Crippen molar-refractivity contribution >= 4 is 21.9 Å². The molecule has 7 nitrogen and oxygen atoms in total. The number of fused-ring (bicyclic) bond motifs is 1. The van der Waals surface area contributed by atoms with Crippen LogP contribution in [-0.2, 0) is 19.6 Å². The molecule has 1 spiro atoms. The zero-order valence-electron chi connectivity index (χ0n) is 19.6. The number of esters is 1. The molecule has 2 saturated heterocycles. The number of hydrogen-bond donors (Lipinski definition) is 0. The van der Waals surface area contributed by atoms with Crippen LogP contribution in [0, 0.1) is 19.3 Å². The van der Waals surface area contributed by atoms with Crippen LogP contribution in [0.2, 0.25) is 0 Å². The van der Waals surface area contributed by atoms with Crippen LogP contribution in [0.1, 0.15) is 58.8 Å². The average molecular weight is 483 g/mol. The largest absolute Gasteiger partial charge is 0.453 e. The highest BCUT2D eigenvalue weighted by Crippen LogP contribution is 2.42. The lowest BCUT2D eigenvalue weighted by molar-refractivity contribution is -0.132. The molecule has 1 unspecified atom stereocenters. The number of nitrogens with zero attached hydrogens (tertiary/aromatic N) is 2. The van der Waals surface area contributed by atoms with Crippen LogP contribution < -0.4 is 0 Å². The molecule has 0 bridgehead atoms. The van der Waals surface area contributed by atoms with E-state index in [2.05, 4.69) is 0 Å². The van der Waals surface area contributed by atoms with Gasteiger partial charge in [0, 0.05) is 31.7 Å². The molecule has 34 heavy (non-hydrogen) atoms. The van der Waals surface area contributed by atoms with Gasteiger partial charge in [0.1, 0.15) is 6.10 Å². The van der Waals surface area contributed by atoms with Gasteiger partial charge >= 0.3 is 5.97 Å². The monoisotopic (exact) mass is 482 g/mol. The molecule has 2 aromatic carbocycles. The van der Waals surface area contributed by atoms with Gasteiger partial charge in [-0.15, -0.1) is 0 Å². The molecule has 3 aliphatic rings. The van der Waals surface area contributed by atoms with Crippen molar-refractivity contribution in [2.45, 2.75) is 50.5 Å². The fourth-order valence-corrected chi connectivity index (χ4v) is 7.29. The number of sulfonamides is 1. The van der Waals surface area contributed by atoms with E-state index in [9.17, 15) is 18.0 Å². The minimum atomic E-state index is -3.54. The van der Waals surface area contributed by atoms with E-state index < -0.39 is 16.1 Å². The van der Waals surface area contributed by atoms with Crippen molar-refractivity contribution in [3.8, 4) is 0 Å². The van der Waals surface area contributed by atoms with Crippen LogP contribution in [0.3, 0.4) is 0 Å². The van der Waals surface area contributed by atoms with Crippen molar-refractivity contribution in [1.82, 2.24) is 9.21 Å². The van der Waals surface area contributed by atoms with Crippen LogP contribution in [-0.4, -0.2) is 55.7 Å². The van der Waals surface area contributed by atoms with Crippen molar-refractivity contribution in [1.29, 1.82) is 0 Å². The number of rotatable bonds is 4. The standard InChI is InChI=1S/C26H30N2O5S/c1-18-7-8-19(2)23(15-18)34(31,32)28-13-10-26(11-14-28)9-12-27(17-26)24(29)16-22-20-5-3-4-6-21(20)25(30)33-22/h3-8,15,22H,9-14,16-17H2,1-2H3. The second-order valence-corrected chi connectivity index (χ2v) is 11.8. The first kappa shape index (κ1) is 23.1. The normalized spacial score (nSPS) is 22.1. The number of carbonyl (C=O) groups excluding carboxylic acids is 2. The molecule has 5 rings (SSSR count). The first-order valence-electron chi connectivity index (χ1n) is 11.8. The quantitative estimate of drug-likeness (QED) is 0.622. The maximum absolute atomic E-state index is 13.3. The number of ether oxygens (including phenoxy) is 1. The van der Waals surface area contributed by atoms with Gasteiger partial charge in [0.05, 0.1) is 16.9 Å². The summed E-state index contributed by atoms with van der Waals surface area (Å²) in [5.41, 5.74) is 2.96. The van der Waals surface area contributed by atoms with Crippen molar-refractivity contribution in [3.63, 3.8) is 0 Å². The van der Waals surface area contributed by atoms with Crippen molar-refractivity contribution in [3.05, 3.63) is 64.7 Å². The Morgan fingerprint density at radius 3 is 2.53 bits per heavy atom. The van der Waals surface area contributed by atoms with E-state index in [0.29, 0.717) is 36.6 Å². The number of amides is 1. The Morgan fingerprint density at radius 1 is 1.06 bits per heavy atom. The summed E-state index contributed by atoms with van der Waals surface area (Å²) in [5.74, 6) is -0.388. The molecule has 8 heteroatoms. The highest BCUT2D eigenvalue weighted by atomic mass is 32.2. The number of hydrogen-bond acceptors (Lipinski definition) is 5. The van der Waals surface area contributed by atoms with Gasteiger partial charge in [-0.1, -0.05) is 30.3 Å². The summed E-state index contributed by atoms with van der Waals surface area (Å²) in [6.07, 6.45) is 1.96. The summed E-state index contributed by atoms with van der Waals surface area (Å²) in [4.78, 5) is 27.4. The van der Waals surface area contributed by atoms with Crippen LogP contribution in [0.25, 0.3) is 0 Å². The van der Waals surface area contributed by atoms with Gasteiger partial charge in [-0.25, -0.2) is 13.2 Å². The molecule has 2 fully saturated rings. The van der Waals surface area contributed by atoms with Crippen LogP contribution in [0.15, 0.2) is 47.4 Å². The molecule has 0 saturated carbocycles. The summed E-state index contributed by atoms with van der Waals surface area (Å²) in [7, 11) is -3.54. The third-order valence-corrected chi connectivity index (χ3v) is 9.71. The Balaban J connectivity index is 1.22. The Kier molecular flexibility index (Phi) is 5.76. The average Bonchev–Trinajstić information content (AvgIpc) is 3.37. The zero-order chi connectivity index (χ0) is 24.1. The number of benzene rings is 2. The Labute approximate surface area is 200 Å². The van der Waals surface area contributed by atoms with Crippen LogP contribution >= 0.6 is 0 Å². The van der Waals surface area contributed by atoms with Crippen molar-refractivity contribution in [2.75, 3.05) is 26.2 Å². The minimum Gasteiger partial charge on any atom is -0.453 e. The van der Waals surface area contributed by atoms with Crippen LogP contribution in [0.4, 0.5) is 0 Å². The lowest BCUT2D eigenvalue weighted by Gasteiger charge is -2.38. The van der Waals surface area contributed by atoms with E-state index in [-0.39, 0.29) is 23.7 Å². The fraction of sp³-hybridized carbons (Fsp3) is 0.462. The van der Waals surface area contributed by atoms with Crippen molar-refractivity contribution in [2.24, 2.45) is 5.41 Å². The second kappa shape index (κ2) is 8.50. The third kappa shape index (κ3) is 4.03. The van der Waals surface area contributed by atoms with E-state index in [1.165, 1.54) is 0 Å². The summed E-state index contributed by atoms with van der Waals surface area (Å²) < 4.78 is 33.6. The Morgan fingerprint density at radius 2 is 1.76 bits per heavy atom. The van der Waals surface area contributed by atoms with Gasteiger partial charge in [0.25, 0.3) is 0 Å². The van der Waals surface area contributed by atoms with Gasteiger partial charge in [-0.2, -0.15) is 4.31 Å². The third-order valence-electron chi connectivity index (χ3n) is 7.67. The summed E-state index contributed by atoms with van der Waals surface area (Å²) >= 11 is 0. The summed E-state index contributed by atoms with van der Waals surface area (Å²) in [6, 6.07) is 12.7. The number of aryl methyl sites for hydroxylation is 2. The molecule has 2 aromatic rings. The summed E-state index contributed by atoms with van der Waals surface area (Å²) in [6.45, 7) is 5.95. The predicted molar refractivity (Wildman–Crippen MR) is 127 cm³/mol. The number of piperidine rings is 1. The SMILES string of the molecule is Cc1ccc(C)c(S(=O)(=O)N2CCC3(CCN(C(=O)CC4OC(=O)c5ccccc54)C3)CC2)c1. The molecule has 1 atom stereocenters. The van der Waals surface area contributed by atoms with Gasteiger partial charge in [0.2, 0.25) is 15.9 Å². The molecule has 3 aliphatic heterocycles. The molecule has 1 amide bonds. The Hall–Kier alpha value is -2.71. The van der Waals surface area contributed by atoms with Gasteiger partial charge in [-0.05, 0) is 61.8 Å². The topological polar surface area (TPSA) is 84.0 Å². The lowest BCUT2D eigenvalue weighted by Crippen LogP contribution is -2.44. The first-order chi connectivity index (χ1) is 16.2. The highest BCUT2D eigenvalue weighted by Gasteiger charge is 2.45. The number of cyclic esters (lactones) is 1. The van der Waals surface area contributed by atoms with Crippen molar-refractivity contribution < 1.29 is 22.7 Å². The first-order valence-corrected chi connectivity index (χ1v) is 13.3. The maximum Gasteiger partial charge on any atom is 0.339 e. The molecular formula is C26H30N2O5S. The lowest BCUT2D eigenvalue weighted by atomic mass is 9.78. The summed E-state index contributed by atoms with van der Waals surface area (Å²) in [5, 5.41) is 0. The highest BCUT2D eigenvalue weighted by molar-refractivity contribution is 7.89. The number of likely N-dealkylation sites (tertiary alicyclic amines) is 1. The molecule has 0 aromatic heterocycles. The van der Waals surface area contributed by atoms with E-state index >= 15 is 0 Å². The zero-order valence-corrected chi connectivity index (χ0v) is 20.4. The van der Waals surface area contributed by atoms with Gasteiger partial charge in [0.15, 0.2) is 0 Å². The number of carbonyl (C=O) groups is 2. The smallest absolute Gasteiger partial charge is 0.339 e. The maximum atomic E-state index is 13.3. The van der Waals surface area contributed by atoms with Crippen LogP contribution in [0.5, 0.6) is 0 Å². The fourth-order valence-electron chi connectivity index (χ4n) is 5.54. The molecular weight excluding hydrogens is 452 g/mol. The Bertz CT molecular complexity index is 1250. The molecule has 0 radical (unpaired) electrons. The molecule has 0 N–H and O–H groups in total. The molecule has 0 aliphatic carbocycles. The van der Waals surface area contributed by atoms with E-state index in [1.54, 1.807) is 22.5 Å². The van der Waals surface area contributed by atoms with E-state index in [1.807, 2.05) is 43.0 Å². The van der Waals surface area contributed by atoms with Gasteiger partial charge in [-0.3, -0.25) is 4.79 Å². The molecule has 180 valence electrons. The van der Waals surface area contributed by atoms with Gasteiger partial charge < -0.3 is 9.64 Å². The minimum absolute atomic E-state index is 0.0168. The van der Waals surface area contributed by atoms with E-state index in [0.717, 1.165) is 36.0 Å². The predicted octanol–water partition coefficient (Wildman–Crippen LogP) is 3.61. The van der Waals surface area contributed by atoms with E-state index in [4.69, 9.17) is 4.74 Å². The second-order valence-electron chi connectivity index (χ2n) is 9.92. The molecule has 3 heterocycles.